The van der Waals surface area contributed by atoms with E-state index in [2.05, 4.69) is 5.10 Å². The Hall–Kier alpha value is -3.06. The molecule has 0 saturated heterocycles. The molecule has 3 heterocycles. The molecule has 0 fully saturated rings. The van der Waals surface area contributed by atoms with Gasteiger partial charge in [-0.1, -0.05) is 12.1 Å². The van der Waals surface area contributed by atoms with E-state index in [-0.39, 0.29) is 17.7 Å². The number of nitrogens with zero attached hydrogens (tertiary/aromatic N) is 2. The predicted octanol–water partition coefficient (Wildman–Crippen LogP) is 4.35. The molecule has 0 saturated carbocycles. The van der Waals surface area contributed by atoms with Gasteiger partial charge >= 0.3 is 5.91 Å². The molecule has 4 rings (SSSR count). The van der Waals surface area contributed by atoms with Crippen LogP contribution < -0.4 is 9.47 Å². The van der Waals surface area contributed by atoms with Gasteiger partial charge in [0, 0.05) is 6.42 Å². The monoisotopic (exact) mass is 382 g/mol. The number of carbonyl (C=O) groups is 1. The quantitative estimate of drug-likeness (QED) is 0.658. The Morgan fingerprint density at radius 2 is 2.04 bits per heavy atom. The van der Waals surface area contributed by atoms with Gasteiger partial charge in [0.05, 0.1) is 37.1 Å². The summed E-state index contributed by atoms with van der Waals surface area (Å²) in [6.45, 7) is 0. The summed E-state index contributed by atoms with van der Waals surface area (Å²) in [7, 11) is 3.19. The zero-order valence-corrected chi connectivity index (χ0v) is 15.7. The van der Waals surface area contributed by atoms with E-state index in [1.165, 1.54) is 11.3 Å². The summed E-state index contributed by atoms with van der Waals surface area (Å²) in [5.41, 5.74) is 1.80. The predicted molar refractivity (Wildman–Crippen MR) is 103 cm³/mol. The van der Waals surface area contributed by atoms with Crippen LogP contribution in [0.4, 0.5) is 0 Å². The maximum absolute atomic E-state index is 13.0. The molecule has 0 unspecified atom stereocenters. The van der Waals surface area contributed by atoms with Crippen LogP contribution in [0.5, 0.6) is 11.5 Å². The van der Waals surface area contributed by atoms with E-state index in [1.807, 2.05) is 35.7 Å². The molecule has 7 heteroatoms. The van der Waals surface area contributed by atoms with E-state index >= 15 is 0 Å². The van der Waals surface area contributed by atoms with Crippen LogP contribution >= 0.6 is 11.3 Å². The van der Waals surface area contributed by atoms with Gasteiger partial charge in [-0.2, -0.15) is 5.10 Å². The third-order valence-corrected chi connectivity index (χ3v) is 5.37. The summed E-state index contributed by atoms with van der Waals surface area (Å²) >= 11 is 1.61. The molecular weight excluding hydrogens is 364 g/mol. The largest absolute Gasteiger partial charge is 0.493 e. The zero-order chi connectivity index (χ0) is 18.8. The lowest BCUT2D eigenvalue weighted by Crippen LogP contribution is -2.26. The molecule has 0 N–H and O–H groups in total. The number of furan rings is 1. The molecular formula is C20H18N2O4S. The first-order valence-corrected chi connectivity index (χ1v) is 9.29. The summed E-state index contributed by atoms with van der Waals surface area (Å²) < 4.78 is 16.0. The first-order chi connectivity index (χ1) is 13.2. The molecule has 3 aromatic rings. The number of hydrogen-bond acceptors (Lipinski definition) is 6. The Morgan fingerprint density at radius 1 is 1.19 bits per heavy atom. The summed E-state index contributed by atoms with van der Waals surface area (Å²) in [5.74, 6) is 1.25. The van der Waals surface area contributed by atoms with Gasteiger partial charge in [-0.05, 0) is 41.3 Å². The third kappa shape index (κ3) is 3.21. The minimum Gasteiger partial charge on any atom is -0.493 e. The summed E-state index contributed by atoms with van der Waals surface area (Å²) in [6, 6.07) is 12.7. The molecule has 1 amide bonds. The molecule has 1 atom stereocenters. The van der Waals surface area contributed by atoms with Crippen LogP contribution in [0, 0.1) is 0 Å². The average Bonchev–Trinajstić information content (AvgIpc) is 3.47. The Bertz CT molecular complexity index is 964. The number of rotatable bonds is 5. The number of amides is 1. The Kier molecular flexibility index (Phi) is 4.68. The highest BCUT2D eigenvalue weighted by molar-refractivity contribution is 7.12. The lowest BCUT2D eigenvalue weighted by atomic mass is 10.0. The van der Waals surface area contributed by atoms with Gasteiger partial charge in [0.15, 0.2) is 17.3 Å². The van der Waals surface area contributed by atoms with Crippen molar-refractivity contribution in [3.8, 4) is 11.5 Å². The van der Waals surface area contributed by atoms with Gasteiger partial charge in [0.2, 0.25) is 0 Å². The number of methoxy groups -OCH3 is 2. The smallest absolute Gasteiger partial charge is 0.310 e. The van der Waals surface area contributed by atoms with Crippen molar-refractivity contribution < 1.29 is 18.7 Å². The van der Waals surface area contributed by atoms with E-state index in [4.69, 9.17) is 13.9 Å². The normalized spacial score (nSPS) is 16.3. The Balaban J connectivity index is 1.73. The highest BCUT2D eigenvalue weighted by Crippen LogP contribution is 2.38. The summed E-state index contributed by atoms with van der Waals surface area (Å²) in [4.78, 5) is 14.0. The molecule has 1 aliphatic rings. The van der Waals surface area contributed by atoms with Crippen molar-refractivity contribution >= 4 is 23.0 Å². The first kappa shape index (κ1) is 17.4. The number of benzene rings is 1. The van der Waals surface area contributed by atoms with E-state index in [9.17, 15) is 4.79 Å². The Morgan fingerprint density at radius 3 is 2.70 bits per heavy atom. The van der Waals surface area contributed by atoms with Crippen LogP contribution in [0.3, 0.4) is 0 Å². The molecule has 0 bridgehead atoms. The lowest BCUT2D eigenvalue weighted by Gasteiger charge is -2.22. The molecule has 1 aromatic carbocycles. The van der Waals surface area contributed by atoms with Gasteiger partial charge < -0.3 is 13.9 Å². The number of hydrogen-bond donors (Lipinski definition) is 0. The van der Waals surface area contributed by atoms with Crippen LogP contribution in [0.15, 0.2) is 63.6 Å². The number of ether oxygens (including phenoxy) is 2. The lowest BCUT2D eigenvalue weighted by molar-refractivity contribution is 0.0678. The average molecular weight is 382 g/mol. The van der Waals surface area contributed by atoms with Crippen molar-refractivity contribution in [2.24, 2.45) is 5.10 Å². The number of carbonyl (C=O) groups excluding carboxylic acids is 1. The molecule has 138 valence electrons. The third-order valence-electron chi connectivity index (χ3n) is 4.45. The zero-order valence-electron chi connectivity index (χ0n) is 14.9. The summed E-state index contributed by atoms with van der Waals surface area (Å²) in [5, 5.41) is 8.12. The van der Waals surface area contributed by atoms with Crippen LogP contribution in [-0.2, 0) is 0 Å². The SMILES string of the molecule is COc1ccc([C@@H]2CC(c3cccs3)=NN2C(=O)c2ccco2)cc1OC. The molecule has 1 aliphatic heterocycles. The van der Waals surface area contributed by atoms with E-state index in [0.717, 1.165) is 16.2 Å². The fourth-order valence-corrected chi connectivity index (χ4v) is 3.84. The minimum absolute atomic E-state index is 0.250. The van der Waals surface area contributed by atoms with E-state index in [0.29, 0.717) is 17.9 Å². The summed E-state index contributed by atoms with van der Waals surface area (Å²) in [6.07, 6.45) is 2.10. The van der Waals surface area contributed by atoms with Gasteiger partial charge in [0.25, 0.3) is 0 Å². The van der Waals surface area contributed by atoms with Crippen LogP contribution in [0.2, 0.25) is 0 Å². The van der Waals surface area contributed by atoms with Crippen LogP contribution in [-0.4, -0.2) is 30.8 Å². The highest BCUT2D eigenvalue weighted by Gasteiger charge is 2.35. The molecule has 0 aliphatic carbocycles. The first-order valence-electron chi connectivity index (χ1n) is 8.41. The maximum Gasteiger partial charge on any atom is 0.310 e. The molecule has 6 nitrogen and oxygen atoms in total. The van der Waals surface area contributed by atoms with Crippen molar-refractivity contribution in [1.82, 2.24) is 5.01 Å². The van der Waals surface area contributed by atoms with Crippen molar-refractivity contribution in [3.63, 3.8) is 0 Å². The van der Waals surface area contributed by atoms with Gasteiger partial charge in [0.1, 0.15) is 0 Å². The van der Waals surface area contributed by atoms with Gasteiger partial charge in [-0.25, -0.2) is 5.01 Å². The fraction of sp³-hybridized carbons (Fsp3) is 0.200. The van der Waals surface area contributed by atoms with Crippen molar-refractivity contribution in [2.45, 2.75) is 12.5 Å². The standard InChI is InChI=1S/C20H18N2O4S/c1-24-16-8-7-13(11-18(16)25-2)15-12-14(19-6-4-10-27-19)21-22(15)20(23)17-5-3-9-26-17/h3-11,15H,12H2,1-2H3/t15-/m0/s1. The molecule has 2 aromatic heterocycles. The second kappa shape index (κ2) is 7.28. The van der Waals surface area contributed by atoms with E-state index < -0.39 is 0 Å². The maximum atomic E-state index is 13.0. The second-order valence-corrected chi connectivity index (χ2v) is 6.93. The van der Waals surface area contributed by atoms with Gasteiger partial charge in [-0.3, -0.25) is 4.79 Å². The molecule has 0 radical (unpaired) electrons. The van der Waals surface area contributed by atoms with E-state index in [1.54, 1.807) is 37.7 Å². The number of thiophene rings is 1. The minimum atomic E-state index is -0.272. The molecule has 27 heavy (non-hydrogen) atoms. The van der Waals surface area contributed by atoms with Crippen LogP contribution in [0.25, 0.3) is 0 Å². The fourth-order valence-electron chi connectivity index (χ4n) is 3.12. The van der Waals surface area contributed by atoms with Crippen molar-refractivity contribution in [3.05, 3.63) is 70.3 Å². The number of hydrazone groups is 1. The topological polar surface area (TPSA) is 64.3 Å². The second-order valence-electron chi connectivity index (χ2n) is 5.99. The van der Waals surface area contributed by atoms with Crippen molar-refractivity contribution in [1.29, 1.82) is 0 Å². The highest BCUT2D eigenvalue weighted by atomic mass is 32.1. The van der Waals surface area contributed by atoms with Gasteiger partial charge in [-0.15, -0.1) is 11.3 Å². The van der Waals surface area contributed by atoms with Crippen molar-refractivity contribution in [2.75, 3.05) is 14.2 Å². The van der Waals surface area contributed by atoms with Crippen LogP contribution in [0.1, 0.15) is 33.5 Å². The Labute approximate surface area is 160 Å². The molecule has 0 spiro atoms.